The van der Waals surface area contributed by atoms with Crippen molar-refractivity contribution in [2.24, 2.45) is 0 Å². The number of amides is 3. The van der Waals surface area contributed by atoms with Crippen LogP contribution >= 0.6 is 0 Å². The fourth-order valence-electron chi connectivity index (χ4n) is 3.59. The summed E-state index contributed by atoms with van der Waals surface area (Å²) in [5, 5.41) is 30.7. The molecule has 0 fully saturated rings. The second-order valence-corrected chi connectivity index (χ2v) is 9.04. The summed E-state index contributed by atoms with van der Waals surface area (Å²) in [4.78, 5) is 56.3. The molecule has 0 aliphatic rings. The molecule has 0 saturated carbocycles. The van der Waals surface area contributed by atoms with Gasteiger partial charge in [-0.05, 0) is 44.6 Å². The number of anilines is 1. The van der Waals surface area contributed by atoms with Gasteiger partial charge in [-0.25, -0.2) is 0 Å². The second kappa shape index (κ2) is 20.4. The Hall–Kier alpha value is -3.70. The van der Waals surface area contributed by atoms with E-state index in [0.29, 0.717) is 44.6 Å². The Morgan fingerprint density at radius 1 is 0.711 bits per heavy atom. The van der Waals surface area contributed by atoms with Gasteiger partial charge in [0.2, 0.25) is 17.7 Å². The van der Waals surface area contributed by atoms with Crippen molar-refractivity contribution in [3.05, 3.63) is 34.4 Å². The molecule has 0 radical (unpaired) electrons. The summed E-state index contributed by atoms with van der Waals surface area (Å²) in [6.07, 6.45) is 7.93. The molecule has 0 aliphatic carbocycles. The van der Waals surface area contributed by atoms with Gasteiger partial charge in [-0.2, -0.15) is 0 Å². The van der Waals surface area contributed by atoms with Crippen molar-refractivity contribution in [1.82, 2.24) is 16.0 Å². The zero-order valence-corrected chi connectivity index (χ0v) is 22.0. The summed E-state index contributed by atoms with van der Waals surface area (Å²) < 4.78 is 0. The molecule has 12 heteroatoms. The van der Waals surface area contributed by atoms with Gasteiger partial charge in [0.1, 0.15) is 0 Å². The van der Waals surface area contributed by atoms with Crippen molar-refractivity contribution >= 4 is 35.1 Å². The van der Waals surface area contributed by atoms with Crippen molar-refractivity contribution < 1.29 is 29.2 Å². The van der Waals surface area contributed by atoms with Crippen LogP contribution in [0.2, 0.25) is 0 Å². The molecule has 3 amide bonds. The van der Waals surface area contributed by atoms with E-state index in [9.17, 15) is 29.3 Å². The van der Waals surface area contributed by atoms with Gasteiger partial charge >= 0.3 is 5.97 Å². The van der Waals surface area contributed by atoms with E-state index in [1.165, 1.54) is 12.1 Å². The Kier molecular flexibility index (Phi) is 17.3. The number of nitro benzene ring substituents is 1. The third-order valence-electron chi connectivity index (χ3n) is 5.71. The van der Waals surface area contributed by atoms with Crippen LogP contribution in [0, 0.1) is 10.1 Å². The smallest absolute Gasteiger partial charge is 0.303 e. The largest absolute Gasteiger partial charge is 0.481 e. The molecule has 5 N–H and O–H groups in total. The van der Waals surface area contributed by atoms with Gasteiger partial charge < -0.3 is 26.4 Å². The van der Waals surface area contributed by atoms with Gasteiger partial charge in [0.05, 0.1) is 11.5 Å². The third kappa shape index (κ3) is 17.7. The maximum atomic E-state index is 11.9. The number of unbranched alkanes of at least 4 members (excludes halogenated alkanes) is 6. The fourth-order valence-corrected chi connectivity index (χ4v) is 3.59. The lowest BCUT2D eigenvalue weighted by Crippen LogP contribution is -2.30. The number of non-ortho nitro benzene ring substituents is 1. The Bertz CT molecular complexity index is 894. The summed E-state index contributed by atoms with van der Waals surface area (Å²) >= 11 is 0. The van der Waals surface area contributed by atoms with Crippen LogP contribution in [0.4, 0.5) is 11.4 Å². The lowest BCUT2D eigenvalue weighted by atomic mass is 10.1. The number of benzene rings is 1. The number of carbonyl (C=O) groups excluding carboxylic acids is 3. The molecule has 1 rings (SSSR count). The summed E-state index contributed by atoms with van der Waals surface area (Å²) in [5.41, 5.74) is 0.462. The normalized spacial score (nSPS) is 10.4. The monoisotopic (exact) mass is 535 g/mol. The van der Waals surface area contributed by atoms with Crippen LogP contribution in [-0.2, 0) is 19.2 Å². The first-order valence-electron chi connectivity index (χ1n) is 13.3. The van der Waals surface area contributed by atoms with Gasteiger partial charge in [-0.3, -0.25) is 29.3 Å². The standard InChI is InChI=1S/C26H41N5O7/c32-23(27-16-7-1-4-13-24(33)28-17-9-3-6-15-26(35)36)14-5-2-8-18-29-25(34)20-30-21-11-10-12-22(19-21)31(37)38/h10-12,19,30H,1-9,13-18,20H2,(H,27,32)(H,28,33)(H,29,34)(H,35,36). The molecule has 0 aliphatic heterocycles. The lowest BCUT2D eigenvalue weighted by Gasteiger charge is -2.08. The Labute approximate surface area is 223 Å². The number of rotatable bonds is 22. The van der Waals surface area contributed by atoms with Crippen LogP contribution < -0.4 is 21.3 Å². The van der Waals surface area contributed by atoms with Crippen molar-refractivity contribution in [3.63, 3.8) is 0 Å². The van der Waals surface area contributed by atoms with E-state index in [0.717, 1.165) is 51.4 Å². The number of carbonyl (C=O) groups is 4. The van der Waals surface area contributed by atoms with E-state index in [1.54, 1.807) is 12.1 Å². The molecule has 212 valence electrons. The number of nitro groups is 1. The minimum atomic E-state index is -0.794. The Balaban J connectivity index is 1.91. The fraction of sp³-hybridized carbons (Fsp3) is 0.615. The third-order valence-corrected chi connectivity index (χ3v) is 5.71. The van der Waals surface area contributed by atoms with Crippen LogP contribution in [0.3, 0.4) is 0 Å². The van der Waals surface area contributed by atoms with Gasteiger partial charge in [-0.1, -0.05) is 25.3 Å². The SMILES string of the molecule is O=C(O)CCCCCNC(=O)CCCCCNC(=O)CCCCCNC(=O)CNc1cccc([N+](=O)[O-])c1. The van der Waals surface area contributed by atoms with Crippen molar-refractivity contribution in [3.8, 4) is 0 Å². The van der Waals surface area contributed by atoms with Gasteiger partial charge in [-0.15, -0.1) is 0 Å². The average Bonchev–Trinajstić information content (AvgIpc) is 2.88. The van der Waals surface area contributed by atoms with Crippen LogP contribution in [0.1, 0.15) is 77.0 Å². The number of nitrogens with zero attached hydrogens (tertiary/aromatic N) is 1. The van der Waals surface area contributed by atoms with Crippen LogP contribution in [0.15, 0.2) is 24.3 Å². The quantitative estimate of drug-likeness (QED) is 0.0853. The minimum absolute atomic E-state index is 0.00204. The Morgan fingerprint density at radius 3 is 1.71 bits per heavy atom. The maximum absolute atomic E-state index is 11.9. The van der Waals surface area contributed by atoms with Crippen molar-refractivity contribution in [2.75, 3.05) is 31.5 Å². The first kappa shape index (κ1) is 32.3. The topological polar surface area (TPSA) is 180 Å². The predicted molar refractivity (Wildman–Crippen MR) is 144 cm³/mol. The van der Waals surface area contributed by atoms with Crippen LogP contribution in [-0.4, -0.2) is 59.9 Å². The lowest BCUT2D eigenvalue weighted by molar-refractivity contribution is -0.384. The molecule has 0 heterocycles. The van der Waals surface area contributed by atoms with Crippen LogP contribution in [0.25, 0.3) is 0 Å². The highest BCUT2D eigenvalue weighted by Gasteiger charge is 2.07. The summed E-state index contributed by atoms with van der Waals surface area (Å²) in [7, 11) is 0. The molecular formula is C26H41N5O7. The highest BCUT2D eigenvalue weighted by Crippen LogP contribution is 2.16. The molecule has 12 nitrogen and oxygen atoms in total. The molecule has 1 aromatic rings. The zero-order valence-electron chi connectivity index (χ0n) is 22.0. The zero-order chi connectivity index (χ0) is 28.0. The van der Waals surface area contributed by atoms with Crippen molar-refractivity contribution in [2.45, 2.75) is 77.0 Å². The highest BCUT2D eigenvalue weighted by molar-refractivity contribution is 5.80. The molecule has 0 unspecified atom stereocenters. The molecule has 1 aromatic carbocycles. The summed E-state index contributed by atoms with van der Waals surface area (Å²) in [6, 6.07) is 5.96. The molecule has 0 spiro atoms. The summed E-state index contributed by atoms with van der Waals surface area (Å²) in [6.45, 7) is 1.66. The molecule has 0 saturated heterocycles. The van der Waals surface area contributed by atoms with Crippen LogP contribution in [0.5, 0.6) is 0 Å². The van der Waals surface area contributed by atoms with Gasteiger partial charge in [0.25, 0.3) is 5.69 Å². The van der Waals surface area contributed by atoms with E-state index in [4.69, 9.17) is 5.11 Å². The summed E-state index contributed by atoms with van der Waals surface area (Å²) in [5.74, 6) is -1.00. The minimum Gasteiger partial charge on any atom is -0.481 e. The van der Waals surface area contributed by atoms with E-state index in [-0.39, 0.29) is 36.4 Å². The van der Waals surface area contributed by atoms with Crippen molar-refractivity contribution in [1.29, 1.82) is 0 Å². The van der Waals surface area contributed by atoms with E-state index >= 15 is 0 Å². The number of aliphatic carboxylic acids is 1. The first-order valence-corrected chi connectivity index (χ1v) is 13.3. The number of hydrogen-bond donors (Lipinski definition) is 5. The van der Waals surface area contributed by atoms with E-state index < -0.39 is 10.9 Å². The van der Waals surface area contributed by atoms with E-state index in [2.05, 4.69) is 21.3 Å². The molecular weight excluding hydrogens is 494 g/mol. The Morgan fingerprint density at radius 2 is 1.21 bits per heavy atom. The van der Waals surface area contributed by atoms with Gasteiger partial charge in [0, 0.05) is 56.7 Å². The maximum Gasteiger partial charge on any atom is 0.303 e. The number of nitrogens with one attached hydrogen (secondary N) is 4. The van der Waals surface area contributed by atoms with Gasteiger partial charge in [0.15, 0.2) is 0 Å². The molecule has 0 bridgehead atoms. The molecule has 0 aromatic heterocycles. The first-order chi connectivity index (χ1) is 18.3. The second-order valence-electron chi connectivity index (χ2n) is 9.04. The average molecular weight is 536 g/mol. The number of hydrogen-bond acceptors (Lipinski definition) is 7. The number of carboxylic acids is 1. The molecule has 0 atom stereocenters. The number of carboxylic acid groups (broad SMARTS) is 1. The van der Waals surface area contributed by atoms with E-state index in [1.807, 2.05) is 0 Å². The molecule has 38 heavy (non-hydrogen) atoms. The highest BCUT2D eigenvalue weighted by atomic mass is 16.6. The predicted octanol–water partition coefficient (Wildman–Crippen LogP) is 3.12.